The van der Waals surface area contributed by atoms with Crippen molar-refractivity contribution in [2.75, 3.05) is 12.4 Å². The van der Waals surface area contributed by atoms with Crippen molar-refractivity contribution in [3.63, 3.8) is 0 Å². The van der Waals surface area contributed by atoms with Gasteiger partial charge in [0.2, 0.25) is 11.9 Å². The molecule has 0 saturated carbocycles. The number of nitrogens with zero attached hydrogens (tertiary/aromatic N) is 2. The van der Waals surface area contributed by atoms with Crippen LogP contribution in [-0.2, 0) is 11.2 Å². The molecule has 2 rings (SSSR count). The predicted octanol–water partition coefficient (Wildman–Crippen LogP) is 1.96. The second-order valence-corrected chi connectivity index (χ2v) is 4.30. The second kappa shape index (κ2) is 5.71. The lowest BCUT2D eigenvalue weighted by molar-refractivity contribution is -0.115. The van der Waals surface area contributed by atoms with Crippen molar-refractivity contribution in [3.8, 4) is 5.75 Å². The fourth-order valence-corrected chi connectivity index (χ4v) is 1.86. The van der Waals surface area contributed by atoms with Crippen LogP contribution < -0.4 is 10.1 Å². The fourth-order valence-electron chi connectivity index (χ4n) is 1.63. The number of aryl methyl sites for hydroxylation is 1. The standard InChI is InChI=1S/C12H13ClN4O2/c1-7-14-12(17-16-7)15-11(18)6-8-9(13)4-3-5-10(8)19-2/h3-5H,6H2,1-2H3,(H2,14,15,16,17,18). The van der Waals surface area contributed by atoms with Crippen molar-refractivity contribution in [2.24, 2.45) is 0 Å². The maximum Gasteiger partial charge on any atom is 0.248 e. The largest absolute Gasteiger partial charge is 0.496 e. The Balaban J connectivity index is 2.11. The van der Waals surface area contributed by atoms with E-state index in [2.05, 4.69) is 20.5 Å². The number of amides is 1. The lowest BCUT2D eigenvalue weighted by Gasteiger charge is -2.09. The molecule has 0 aliphatic rings. The van der Waals surface area contributed by atoms with Gasteiger partial charge in [-0.25, -0.2) is 0 Å². The van der Waals surface area contributed by atoms with E-state index in [1.807, 2.05) is 0 Å². The molecule has 0 aliphatic heterocycles. The van der Waals surface area contributed by atoms with Gasteiger partial charge in [0.05, 0.1) is 13.5 Å². The Kier molecular flexibility index (Phi) is 4.01. The van der Waals surface area contributed by atoms with Gasteiger partial charge in [0.1, 0.15) is 11.6 Å². The van der Waals surface area contributed by atoms with Crippen molar-refractivity contribution in [2.45, 2.75) is 13.3 Å². The lowest BCUT2D eigenvalue weighted by Crippen LogP contribution is -2.16. The number of ether oxygens (including phenoxy) is 1. The van der Waals surface area contributed by atoms with Gasteiger partial charge in [-0.15, -0.1) is 5.10 Å². The maximum atomic E-state index is 11.9. The van der Waals surface area contributed by atoms with E-state index in [4.69, 9.17) is 16.3 Å². The average Bonchev–Trinajstić information content (AvgIpc) is 2.77. The van der Waals surface area contributed by atoms with Gasteiger partial charge in [0, 0.05) is 10.6 Å². The Bertz CT molecular complexity index is 597. The number of aromatic amines is 1. The topological polar surface area (TPSA) is 79.9 Å². The van der Waals surface area contributed by atoms with Crippen molar-refractivity contribution in [1.29, 1.82) is 0 Å². The smallest absolute Gasteiger partial charge is 0.248 e. The molecule has 0 saturated heterocycles. The summed E-state index contributed by atoms with van der Waals surface area (Å²) in [6.07, 6.45) is 0.0937. The summed E-state index contributed by atoms with van der Waals surface area (Å²) in [5.41, 5.74) is 0.636. The van der Waals surface area contributed by atoms with E-state index >= 15 is 0 Å². The van der Waals surface area contributed by atoms with E-state index in [-0.39, 0.29) is 18.3 Å². The van der Waals surface area contributed by atoms with Crippen LogP contribution in [0.25, 0.3) is 0 Å². The van der Waals surface area contributed by atoms with Crippen molar-refractivity contribution >= 4 is 23.5 Å². The SMILES string of the molecule is COc1cccc(Cl)c1CC(=O)Nc1n[nH]c(C)n1. The molecule has 0 atom stereocenters. The average molecular weight is 281 g/mol. The molecule has 7 heteroatoms. The molecular weight excluding hydrogens is 268 g/mol. The number of aromatic nitrogens is 3. The number of carbonyl (C=O) groups is 1. The number of nitrogens with one attached hydrogen (secondary N) is 2. The Morgan fingerprint density at radius 1 is 1.53 bits per heavy atom. The summed E-state index contributed by atoms with van der Waals surface area (Å²) in [6, 6.07) is 5.23. The van der Waals surface area contributed by atoms with Crippen LogP contribution in [-0.4, -0.2) is 28.2 Å². The number of carbonyl (C=O) groups excluding carboxylic acids is 1. The highest BCUT2D eigenvalue weighted by atomic mass is 35.5. The monoisotopic (exact) mass is 280 g/mol. The Morgan fingerprint density at radius 2 is 2.32 bits per heavy atom. The number of hydrogen-bond donors (Lipinski definition) is 2. The fraction of sp³-hybridized carbons (Fsp3) is 0.250. The molecule has 1 aromatic carbocycles. The van der Waals surface area contributed by atoms with E-state index in [1.165, 1.54) is 7.11 Å². The zero-order valence-electron chi connectivity index (χ0n) is 10.5. The molecule has 0 aliphatic carbocycles. The first kappa shape index (κ1) is 13.4. The highest BCUT2D eigenvalue weighted by Gasteiger charge is 2.13. The number of halogens is 1. The number of anilines is 1. The van der Waals surface area contributed by atoms with Gasteiger partial charge >= 0.3 is 0 Å². The van der Waals surface area contributed by atoms with E-state index in [1.54, 1.807) is 25.1 Å². The van der Waals surface area contributed by atoms with Gasteiger partial charge in [-0.05, 0) is 19.1 Å². The van der Waals surface area contributed by atoms with Crippen LogP contribution >= 0.6 is 11.6 Å². The molecule has 19 heavy (non-hydrogen) atoms. The van der Waals surface area contributed by atoms with Gasteiger partial charge in [-0.1, -0.05) is 17.7 Å². The van der Waals surface area contributed by atoms with E-state index in [9.17, 15) is 4.79 Å². The molecule has 2 N–H and O–H groups in total. The summed E-state index contributed by atoms with van der Waals surface area (Å²) in [5.74, 6) is 1.19. The first-order valence-electron chi connectivity index (χ1n) is 5.60. The molecule has 1 heterocycles. The van der Waals surface area contributed by atoms with Crippen LogP contribution in [0.4, 0.5) is 5.95 Å². The van der Waals surface area contributed by atoms with Gasteiger partial charge in [-0.2, -0.15) is 4.98 Å². The molecule has 0 bridgehead atoms. The van der Waals surface area contributed by atoms with Crippen LogP contribution in [0, 0.1) is 6.92 Å². The third-order valence-electron chi connectivity index (χ3n) is 2.48. The molecule has 100 valence electrons. The molecule has 0 fully saturated rings. The summed E-state index contributed by atoms with van der Waals surface area (Å²) in [7, 11) is 1.53. The molecule has 6 nitrogen and oxygen atoms in total. The molecule has 1 aromatic heterocycles. The molecule has 2 aromatic rings. The lowest BCUT2D eigenvalue weighted by atomic mass is 10.1. The van der Waals surface area contributed by atoms with Crippen LogP contribution in [0.5, 0.6) is 5.75 Å². The third kappa shape index (κ3) is 3.23. The van der Waals surface area contributed by atoms with Crippen molar-refractivity contribution in [1.82, 2.24) is 15.2 Å². The Hall–Kier alpha value is -2.08. The van der Waals surface area contributed by atoms with E-state index < -0.39 is 0 Å². The maximum absolute atomic E-state index is 11.9. The number of hydrogen-bond acceptors (Lipinski definition) is 4. The second-order valence-electron chi connectivity index (χ2n) is 3.89. The quantitative estimate of drug-likeness (QED) is 0.897. The Labute approximate surface area is 115 Å². The molecule has 0 spiro atoms. The minimum absolute atomic E-state index is 0.0937. The summed E-state index contributed by atoms with van der Waals surface area (Å²) >= 11 is 6.06. The number of H-pyrrole nitrogens is 1. The minimum Gasteiger partial charge on any atom is -0.496 e. The molecule has 1 amide bonds. The molecule has 0 unspecified atom stereocenters. The summed E-state index contributed by atoms with van der Waals surface area (Å²) in [6.45, 7) is 1.75. The zero-order chi connectivity index (χ0) is 13.8. The minimum atomic E-state index is -0.259. The summed E-state index contributed by atoms with van der Waals surface area (Å²) in [5, 5.41) is 9.55. The van der Waals surface area contributed by atoms with Gasteiger partial charge < -0.3 is 4.74 Å². The summed E-state index contributed by atoms with van der Waals surface area (Å²) in [4.78, 5) is 15.9. The highest BCUT2D eigenvalue weighted by Crippen LogP contribution is 2.26. The first-order chi connectivity index (χ1) is 9.10. The van der Waals surface area contributed by atoms with Gasteiger partial charge in [0.25, 0.3) is 0 Å². The van der Waals surface area contributed by atoms with Crippen LogP contribution in [0.1, 0.15) is 11.4 Å². The van der Waals surface area contributed by atoms with Crippen LogP contribution in [0.2, 0.25) is 5.02 Å². The van der Waals surface area contributed by atoms with E-state index in [0.717, 1.165) is 0 Å². The number of methoxy groups -OCH3 is 1. The van der Waals surface area contributed by atoms with Crippen LogP contribution in [0.3, 0.4) is 0 Å². The molecule has 0 radical (unpaired) electrons. The Morgan fingerprint density at radius 3 is 2.95 bits per heavy atom. The van der Waals surface area contributed by atoms with E-state index in [0.29, 0.717) is 22.2 Å². The van der Waals surface area contributed by atoms with Gasteiger partial charge in [0.15, 0.2) is 0 Å². The summed E-state index contributed by atoms with van der Waals surface area (Å²) < 4.78 is 5.18. The molecular formula is C12H13ClN4O2. The van der Waals surface area contributed by atoms with Crippen molar-refractivity contribution in [3.05, 3.63) is 34.6 Å². The zero-order valence-corrected chi connectivity index (χ0v) is 11.3. The third-order valence-corrected chi connectivity index (χ3v) is 2.84. The van der Waals surface area contributed by atoms with Crippen LogP contribution in [0.15, 0.2) is 18.2 Å². The number of rotatable bonds is 4. The normalized spacial score (nSPS) is 10.3. The highest BCUT2D eigenvalue weighted by molar-refractivity contribution is 6.31. The van der Waals surface area contributed by atoms with Gasteiger partial charge in [-0.3, -0.25) is 15.2 Å². The first-order valence-corrected chi connectivity index (χ1v) is 5.98. The predicted molar refractivity (Wildman–Crippen MR) is 71.5 cm³/mol. The number of benzene rings is 1. The van der Waals surface area contributed by atoms with Crippen molar-refractivity contribution < 1.29 is 9.53 Å².